The van der Waals surface area contributed by atoms with Crippen LogP contribution in [0.1, 0.15) is 174 Å². The number of quaternary nitrogens is 1. The lowest BCUT2D eigenvalue weighted by Gasteiger charge is -2.25. The lowest BCUT2D eigenvalue weighted by molar-refractivity contribution is -0.870. The molecule has 0 rings (SSSR count). The zero-order chi connectivity index (χ0) is 43.6. The molecule has 9 heteroatoms. The second kappa shape index (κ2) is 41.1. The topological polar surface area (TPSA) is 105 Å². The summed E-state index contributed by atoms with van der Waals surface area (Å²) >= 11 is 0. The number of aliphatic hydroxyl groups is 1. The first-order chi connectivity index (χ1) is 28.5. The highest BCUT2D eigenvalue weighted by atomic mass is 31.2. The highest BCUT2D eigenvalue weighted by Gasteiger charge is 2.27. The second-order valence-electron chi connectivity index (χ2n) is 16.7. The number of likely N-dealkylation sites (N-methyl/N-ethyl adjacent to an activating group) is 1. The molecule has 3 N–H and O–H groups in total. The normalized spacial score (nSPS) is 15.0. The van der Waals surface area contributed by atoms with Crippen LogP contribution in [0.3, 0.4) is 0 Å². The standard InChI is InChI=1S/C50H89N2O6P/c1-6-8-10-12-14-16-18-20-21-22-23-24-25-26-27-28-29-30-31-32-34-36-38-40-42-44-50(54)51-48(47-58-59(55,56)57-46-45-52(3,4)5)49(53)43-41-39-37-35-33-19-17-15-13-11-9-7-2/h8,10,13-16,20-21,23-24,33,35,41,43,48-49,53H,6-7,9,11-12,17-19,22,25-32,34,36-40,42,44-47H2,1-5H3,(H-,51,54,55,56)/p+1/b10-8-,15-13+,16-14-,21-20-,24-23-,35-33+,43-41+. The van der Waals surface area contributed by atoms with E-state index in [0.29, 0.717) is 17.4 Å². The largest absolute Gasteiger partial charge is 0.472 e. The van der Waals surface area contributed by atoms with E-state index >= 15 is 0 Å². The minimum atomic E-state index is -4.35. The minimum Gasteiger partial charge on any atom is -0.387 e. The molecule has 0 heterocycles. The zero-order valence-electron chi connectivity index (χ0n) is 38.5. The fraction of sp³-hybridized carbons (Fsp3) is 0.700. The quantitative estimate of drug-likeness (QED) is 0.0245. The number of nitrogens with zero attached hydrogens (tertiary/aromatic N) is 1. The van der Waals surface area contributed by atoms with Gasteiger partial charge in [0.25, 0.3) is 0 Å². The van der Waals surface area contributed by atoms with Gasteiger partial charge >= 0.3 is 7.82 Å². The highest BCUT2D eigenvalue weighted by Crippen LogP contribution is 2.43. The molecule has 3 unspecified atom stereocenters. The summed E-state index contributed by atoms with van der Waals surface area (Å²) in [5.41, 5.74) is 0. The molecule has 3 atom stereocenters. The molecule has 0 aromatic carbocycles. The Hall–Kier alpha value is -2.32. The molecule has 0 bridgehead atoms. The van der Waals surface area contributed by atoms with Crippen LogP contribution >= 0.6 is 7.82 Å². The Bertz CT molecular complexity index is 1230. The first-order valence-electron chi connectivity index (χ1n) is 23.5. The number of allylic oxidation sites excluding steroid dienone is 13. The molecule has 340 valence electrons. The summed E-state index contributed by atoms with van der Waals surface area (Å²) < 4.78 is 23.5. The van der Waals surface area contributed by atoms with Gasteiger partial charge < -0.3 is 19.8 Å². The van der Waals surface area contributed by atoms with Gasteiger partial charge in [-0.05, 0) is 77.0 Å². The molecule has 0 aliphatic rings. The third kappa shape index (κ3) is 43.6. The smallest absolute Gasteiger partial charge is 0.387 e. The van der Waals surface area contributed by atoms with E-state index in [9.17, 15) is 19.4 Å². The Kier molecular flexibility index (Phi) is 39.4. The van der Waals surface area contributed by atoms with E-state index in [1.807, 2.05) is 27.2 Å². The fourth-order valence-electron chi connectivity index (χ4n) is 6.11. The van der Waals surface area contributed by atoms with E-state index in [-0.39, 0.29) is 19.1 Å². The van der Waals surface area contributed by atoms with Crippen LogP contribution in [0, 0.1) is 0 Å². The summed E-state index contributed by atoms with van der Waals surface area (Å²) in [5, 5.41) is 13.8. The van der Waals surface area contributed by atoms with E-state index in [0.717, 1.165) is 77.0 Å². The zero-order valence-corrected chi connectivity index (χ0v) is 39.4. The molecular weight excluding hydrogens is 756 g/mol. The van der Waals surface area contributed by atoms with Crippen LogP contribution in [0.5, 0.6) is 0 Å². The van der Waals surface area contributed by atoms with E-state index in [1.54, 1.807) is 6.08 Å². The molecule has 0 saturated carbocycles. The van der Waals surface area contributed by atoms with Gasteiger partial charge in [0.15, 0.2) is 0 Å². The summed E-state index contributed by atoms with van der Waals surface area (Å²) in [7, 11) is 1.53. The molecule has 8 nitrogen and oxygen atoms in total. The number of hydrogen-bond donors (Lipinski definition) is 3. The van der Waals surface area contributed by atoms with Crippen molar-refractivity contribution >= 4 is 13.7 Å². The Morgan fingerprint density at radius 1 is 0.593 bits per heavy atom. The van der Waals surface area contributed by atoms with Crippen LogP contribution in [-0.4, -0.2) is 73.4 Å². The first kappa shape index (κ1) is 56.7. The van der Waals surface area contributed by atoms with Gasteiger partial charge in [-0.2, -0.15) is 0 Å². The number of rotatable bonds is 41. The monoisotopic (exact) mass is 846 g/mol. The van der Waals surface area contributed by atoms with Crippen molar-refractivity contribution in [2.45, 2.75) is 187 Å². The lowest BCUT2D eigenvalue weighted by Crippen LogP contribution is -2.45. The van der Waals surface area contributed by atoms with E-state index in [1.165, 1.54) is 77.0 Å². The Balaban J connectivity index is 4.29. The summed E-state index contributed by atoms with van der Waals surface area (Å²) in [6, 6.07) is -0.873. The number of hydrogen-bond acceptors (Lipinski definition) is 5. The van der Waals surface area contributed by atoms with Crippen LogP contribution in [-0.2, 0) is 18.4 Å². The second-order valence-corrected chi connectivity index (χ2v) is 18.2. The molecule has 1 amide bonds. The Labute approximate surface area is 363 Å². The van der Waals surface area contributed by atoms with Crippen molar-refractivity contribution in [3.05, 3.63) is 85.1 Å². The third-order valence-electron chi connectivity index (χ3n) is 9.83. The summed E-state index contributed by atoms with van der Waals surface area (Å²) in [4.78, 5) is 23.1. The van der Waals surface area contributed by atoms with Crippen molar-refractivity contribution in [1.82, 2.24) is 5.32 Å². The van der Waals surface area contributed by atoms with Gasteiger partial charge in [-0.15, -0.1) is 0 Å². The van der Waals surface area contributed by atoms with Crippen LogP contribution in [0.15, 0.2) is 85.1 Å². The number of nitrogens with one attached hydrogen (secondary N) is 1. The van der Waals surface area contributed by atoms with Crippen molar-refractivity contribution in [3.8, 4) is 0 Å². The minimum absolute atomic E-state index is 0.0492. The molecule has 0 saturated heterocycles. The number of amides is 1. The van der Waals surface area contributed by atoms with Crippen molar-refractivity contribution in [2.24, 2.45) is 0 Å². The van der Waals surface area contributed by atoms with Gasteiger partial charge in [0.1, 0.15) is 13.2 Å². The van der Waals surface area contributed by atoms with Crippen molar-refractivity contribution in [3.63, 3.8) is 0 Å². The van der Waals surface area contributed by atoms with Gasteiger partial charge in [-0.1, -0.05) is 176 Å². The molecule has 59 heavy (non-hydrogen) atoms. The molecular formula is C50H90N2O6P+. The number of carbonyl (C=O) groups is 1. The maximum atomic E-state index is 12.9. The molecule has 0 aliphatic carbocycles. The van der Waals surface area contributed by atoms with Crippen LogP contribution < -0.4 is 5.32 Å². The van der Waals surface area contributed by atoms with E-state index in [4.69, 9.17) is 9.05 Å². The molecule has 0 aliphatic heterocycles. The third-order valence-corrected chi connectivity index (χ3v) is 10.8. The molecule has 0 aromatic heterocycles. The van der Waals surface area contributed by atoms with Crippen LogP contribution in [0.2, 0.25) is 0 Å². The summed E-state index contributed by atoms with van der Waals surface area (Å²) in [6.45, 7) is 4.60. The predicted octanol–water partition coefficient (Wildman–Crippen LogP) is 13.4. The summed E-state index contributed by atoms with van der Waals surface area (Å²) in [5.74, 6) is -0.199. The average Bonchev–Trinajstić information content (AvgIpc) is 3.19. The summed E-state index contributed by atoms with van der Waals surface area (Å²) in [6.07, 6.45) is 56.7. The van der Waals surface area contributed by atoms with Gasteiger partial charge in [0.05, 0.1) is 39.9 Å². The SMILES string of the molecule is CC/C=C\C/C=C\C/C=C\C/C=C\CCCCCCCCCCCCCCC(=O)NC(COP(=O)(O)OCC[N+](C)(C)C)C(O)/C=C/CC/C=C/CC/C=C/CCCC. The van der Waals surface area contributed by atoms with Gasteiger partial charge in [-0.3, -0.25) is 13.8 Å². The highest BCUT2D eigenvalue weighted by molar-refractivity contribution is 7.47. The number of aliphatic hydroxyl groups excluding tert-OH is 1. The maximum Gasteiger partial charge on any atom is 0.472 e. The lowest BCUT2D eigenvalue weighted by atomic mass is 10.0. The number of carbonyl (C=O) groups excluding carboxylic acids is 1. The van der Waals surface area contributed by atoms with E-state index < -0.39 is 20.0 Å². The van der Waals surface area contributed by atoms with Crippen molar-refractivity contribution < 1.29 is 32.9 Å². The van der Waals surface area contributed by atoms with Crippen molar-refractivity contribution in [1.29, 1.82) is 0 Å². The van der Waals surface area contributed by atoms with Gasteiger partial charge in [0.2, 0.25) is 5.91 Å². The van der Waals surface area contributed by atoms with Gasteiger partial charge in [-0.25, -0.2) is 4.57 Å². The Morgan fingerprint density at radius 3 is 1.56 bits per heavy atom. The number of phosphoric acid groups is 1. The Morgan fingerprint density at radius 2 is 1.03 bits per heavy atom. The fourth-order valence-corrected chi connectivity index (χ4v) is 6.84. The molecule has 0 radical (unpaired) electrons. The van der Waals surface area contributed by atoms with Crippen LogP contribution in [0.4, 0.5) is 0 Å². The number of unbranched alkanes of at least 4 members (excludes halogenated alkanes) is 16. The van der Waals surface area contributed by atoms with Gasteiger partial charge in [0, 0.05) is 6.42 Å². The molecule has 0 aromatic rings. The predicted molar refractivity (Wildman–Crippen MR) is 253 cm³/mol. The van der Waals surface area contributed by atoms with E-state index in [2.05, 4.69) is 92.1 Å². The van der Waals surface area contributed by atoms with Crippen molar-refractivity contribution in [2.75, 3.05) is 40.9 Å². The maximum absolute atomic E-state index is 12.9. The molecule has 0 fully saturated rings. The number of phosphoric ester groups is 1. The van der Waals surface area contributed by atoms with Crippen LogP contribution in [0.25, 0.3) is 0 Å². The first-order valence-corrected chi connectivity index (χ1v) is 25.0. The average molecular weight is 846 g/mol. The molecule has 0 spiro atoms.